The summed E-state index contributed by atoms with van der Waals surface area (Å²) >= 11 is 5.08. The van der Waals surface area contributed by atoms with E-state index in [1.54, 1.807) is 23.5 Å². The summed E-state index contributed by atoms with van der Waals surface area (Å²) in [7, 11) is 1.90. The van der Waals surface area contributed by atoms with Crippen LogP contribution in [-0.2, 0) is 16.6 Å². The molecule has 2 aromatic rings. The van der Waals surface area contributed by atoms with Crippen molar-refractivity contribution >= 4 is 39.2 Å². The Hall–Kier alpha value is -2.09. The molecule has 0 radical (unpaired) electrons. The van der Waals surface area contributed by atoms with Gasteiger partial charge in [0.1, 0.15) is 6.10 Å². The number of piperidine rings is 1. The summed E-state index contributed by atoms with van der Waals surface area (Å²) in [6.07, 6.45) is 9.22. The van der Waals surface area contributed by atoms with Crippen molar-refractivity contribution in [2.45, 2.75) is 56.2 Å². The second-order valence-electron chi connectivity index (χ2n) is 10.7. The van der Waals surface area contributed by atoms with Crippen molar-refractivity contribution in [1.82, 2.24) is 9.80 Å². The Labute approximate surface area is 219 Å². The lowest BCUT2D eigenvalue weighted by Crippen LogP contribution is -2.73. The van der Waals surface area contributed by atoms with Crippen LogP contribution >= 0.6 is 27.3 Å². The fraction of sp³-hybridized carbons (Fsp3) is 0.464. The van der Waals surface area contributed by atoms with Gasteiger partial charge in [0.25, 0.3) is 0 Å². The predicted octanol–water partition coefficient (Wildman–Crippen LogP) is 5.37. The van der Waals surface area contributed by atoms with Crippen LogP contribution in [-0.4, -0.2) is 59.1 Å². The third kappa shape index (κ3) is 3.17. The highest BCUT2D eigenvalue weighted by atomic mass is 79.9. The largest absolute Gasteiger partial charge is 0.504 e. The molecule has 1 amide bonds. The van der Waals surface area contributed by atoms with Crippen molar-refractivity contribution in [1.29, 1.82) is 0 Å². The van der Waals surface area contributed by atoms with Gasteiger partial charge in [-0.15, -0.1) is 17.9 Å². The van der Waals surface area contributed by atoms with Gasteiger partial charge >= 0.3 is 0 Å². The minimum Gasteiger partial charge on any atom is -0.504 e. The smallest absolute Gasteiger partial charge is 0.246 e. The summed E-state index contributed by atoms with van der Waals surface area (Å²) in [5.41, 5.74) is 2.29. The highest BCUT2D eigenvalue weighted by Crippen LogP contribution is 2.69. The highest BCUT2D eigenvalue weighted by Gasteiger charge is 2.71. The number of likely N-dealkylation sites (N-methyl/N-ethyl adjacent to an activating group) is 1. The first-order chi connectivity index (χ1) is 16.8. The maximum Gasteiger partial charge on any atom is 0.246 e. The van der Waals surface area contributed by atoms with Crippen LogP contribution in [0.4, 0.5) is 0 Å². The number of carbonyl (C=O) groups excluding carboxylic acids is 1. The zero-order valence-corrected chi connectivity index (χ0v) is 22.6. The molecular weight excluding hydrogens is 524 g/mol. The number of ether oxygens (including phenoxy) is 1. The lowest BCUT2D eigenvalue weighted by Gasteiger charge is -2.66. The van der Waals surface area contributed by atoms with Gasteiger partial charge in [0.05, 0.1) is 6.04 Å². The average molecular weight is 556 g/mol. The molecule has 184 valence electrons. The van der Waals surface area contributed by atoms with Gasteiger partial charge in [-0.2, -0.15) is 0 Å². The quantitative estimate of drug-likeness (QED) is 0.398. The number of benzene rings is 1. The molecule has 1 aromatic heterocycles. The van der Waals surface area contributed by atoms with E-state index in [4.69, 9.17) is 4.74 Å². The standard InChI is InChI=1S/C28H31BrN2O3S/c1-4-12-31-13-11-28-24-17-5-7-21(32)25(24)34-26(28)20(9-10-27(28,2)22(31)14-17)30(3)23(33)8-6-19-15-18(29)16-35-19/h4-8,15-16,20,22,26,32H,1,9-14H2,2-3H3/b8-6+/t20-,22-,26+,27+,28+/m1/s1. The summed E-state index contributed by atoms with van der Waals surface area (Å²) in [5, 5.41) is 12.8. The van der Waals surface area contributed by atoms with Gasteiger partial charge in [0, 0.05) is 51.4 Å². The van der Waals surface area contributed by atoms with Crippen LogP contribution < -0.4 is 4.74 Å². The average Bonchev–Trinajstić information content (AvgIpc) is 3.41. The molecular formula is C28H31BrN2O3S. The molecule has 2 aliphatic carbocycles. The molecule has 2 aliphatic heterocycles. The van der Waals surface area contributed by atoms with Gasteiger partial charge in [-0.05, 0) is 77.3 Å². The van der Waals surface area contributed by atoms with Crippen LogP contribution in [0, 0.1) is 5.41 Å². The number of halogens is 1. The van der Waals surface area contributed by atoms with Crippen LogP contribution in [0.25, 0.3) is 6.08 Å². The molecule has 1 saturated carbocycles. The Morgan fingerprint density at radius 2 is 2.26 bits per heavy atom. The number of nitrogens with zero attached hydrogens (tertiary/aromatic N) is 2. The Balaban J connectivity index is 1.39. The molecule has 3 heterocycles. The third-order valence-electron chi connectivity index (χ3n) is 9.30. The molecule has 0 unspecified atom stereocenters. The second kappa shape index (κ2) is 8.22. The molecule has 2 fully saturated rings. The minimum atomic E-state index is -0.212. The second-order valence-corrected chi connectivity index (χ2v) is 12.5. The topological polar surface area (TPSA) is 53.0 Å². The monoisotopic (exact) mass is 554 g/mol. The first kappa shape index (κ1) is 23.3. The predicted molar refractivity (Wildman–Crippen MR) is 143 cm³/mol. The third-order valence-corrected chi connectivity index (χ3v) is 11.0. The molecule has 2 bridgehead atoms. The summed E-state index contributed by atoms with van der Waals surface area (Å²) in [6, 6.07) is 6.22. The van der Waals surface area contributed by atoms with E-state index in [1.807, 2.05) is 35.5 Å². The van der Waals surface area contributed by atoms with E-state index in [0.717, 1.165) is 48.1 Å². The minimum absolute atomic E-state index is 0.00441. The number of aromatic hydroxyl groups is 1. The SMILES string of the molecule is C=CCN1CC[C@]23c4c5ccc(O)c4O[C@H]2[C@H](N(C)C(=O)/C=C/c2cc(Br)cs2)CC[C@@]3(C)[C@H]1C5. The summed E-state index contributed by atoms with van der Waals surface area (Å²) in [6.45, 7) is 8.29. The number of phenolic OH excluding ortho intramolecular Hbond substituents is 1. The van der Waals surface area contributed by atoms with Gasteiger partial charge in [-0.3, -0.25) is 9.69 Å². The molecule has 1 aromatic carbocycles. The molecule has 1 N–H and O–H groups in total. The number of amides is 1. The number of phenols is 1. The normalized spacial score (nSPS) is 32.8. The molecule has 1 spiro atoms. The zero-order valence-electron chi connectivity index (χ0n) is 20.2. The van der Waals surface area contributed by atoms with Crippen LogP contribution in [0.1, 0.15) is 42.2 Å². The number of rotatable bonds is 5. The molecule has 5 nitrogen and oxygen atoms in total. The summed E-state index contributed by atoms with van der Waals surface area (Å²) in [4.78, 5) is 18.8. The van der Waals surface area contributed by atoms with Crippen LogP contribution in [0.5, 0.6) is 11.5 Å². The van der Waals surface area contributed by atoms with E-state index in [2.05, 4.69) is 40.4 Å². The molecule has 6 rings (SSSR count). The summed E-state index contributed by atoms with van der Waals surface area (Å²) < 4.78 is 7.73. The summed E-state index contributed by atoms with van der Waals surface area (Å²) in [5.74, 6) is 0.860. The Bertz CT molecular complexity index is 1240. The van der Waals surface area contributed by atoms with Gasteiger partial charge in [0.2, 0.25) is 5.91 Å². The van der Waals surface area contributed by atoms with E-state index >= 15 is 0 Å². The molecule has 1 saturated heterocycles. The Kier molecular flexibility index (Phi) is 5.47. The maximum absolute atomic E-state index is 13.3. The lowest BCUT2D eigenvalue weighted by molar-refractivity contribution is -0.149. The van der Waals surface area contributed by atoms with Crippen LogP contribution in [0.3, 0.4) is 0 Å². The zero-order chi connectivity index (χ0) is 24.5. The van der Waals surface area contributed by atoms with E-state index in [-0.39, 0.29) is 34.6 Å². The first-order valence-electron chi connectivity index (χ1n) is 12.4. The van der Waals surface area contributed by atoms with Gasteiger partial charge in [-0.1, -0.05) is 19.1 Å². The molecule has 7 heteroatoms. The number of carbonyl (C=O) groups is 1. The van der Waals surface area contributed by atoms with Gasteiger partial charge in [-0.25, -0.2) is 0 Å². The maximum atomic E-state index is 13.3. The lowest BCUT2D eigenvalue weighted by atomic mass is 9.43. The van der Waals surface area contributed by atoms with Crippen molar-refractivity contribution in [2.24, 2.45) is 5.41 Å². The Morgan fingerprint density at radius 1 is 1.43 bits per heavy atom. The van der Waals surface area contributed by atoms with Crippen molar-refractivity contribution in [3.8, 4) is 11.5 Å². The van der Waals surface area contributed by atoms with Crippen molar-refractivity contribution in [2.75, 3.05) is 20.1 Å². The highest BCUT2D eigenvalue weighted by molar-refractivity contribution is 9.10. The first-order valence-corrected chi connectivity index (χ1v) is 14.0. The molecule has 35 heavy (non-hydrogen) atoms. The fourth-order valence-corrected chi connectivity index (χ4v) is 9.03. The number of likely N-dealkylation sites (tertiary alicyclic amines) is 1. The number of hydrogen-bond donors (Lipinski definition) is 1. The van der Waals surface area contributed by atoms with Gasteiger partial charge < -0.3 is 14.7 Å². The van der Waals surface area contributed by atoms with E-state index in [9.17, 15) is 9.90 Å². The number of thiophene rings is 1. The van der Waals surface area contributed by atoms with Crippen LogP contribution in [0.15, 0.2) is 46.8 Å². The number of hydrogen-bond acceptors (Lipinski definition) is 5. The Morgan fingerprint density at radius 3 is 3.00 bits per heavy atom. The van der Waals surface area contributed by atoms with Crippen LogP contribution in [0.2, 0.25) is 0 Å². The molecule has 5 atom stereocenters. The fourth-order valence-electron chi connectivity index (χ4n) is 7.69. The van der Waals surface area contributed by atoms with Crippen molar-refractivity contribution in [3.63, 3.8) is 0 Å². The van der Waals surface area contributed by atoms with Crippen molar-refractivity contribution < 1.29 is 14.6 Å². The van der Waals surface area contributed by atoms with E-state index in [0.29, 0.717) is 11.8 Å². The molecule has 4 aliphatic rings. The van der Waals surface area contributed by atoms with E-state index < -0.39 is 0 Å². The van der Waals surface area contributed by atoms with Gasteiger partial charge in [0.15, 0.2) is 11.5 Å². The van der Waals surface area contributed by atoms with Crippen molar-refractivity contribution in [3.05, 3.63) is 62.8 Å². The van der Waals surface area contributed by atoms with E-state index in [1.165, 1.54) is 11.1 Å².